The average molecular weight is 346 g/mol. The Bertz CT molecular complexity index is 773. The minimum atomic E-state index is -1.76. The van der Waals surface area contributed by atoms with Crippen LogP contribution >= 0.6 is 0 Å². The fourth-order valence-electron chi connectivity index (χ4n) is 3.21. The van der Waals surface area contributed by atoms with E-state index in [2.05, 4.69) is 0 Å². The van der Waals surface area contributed by atoms with Crippen LogP contribution in [0.1, 0.15) is 30.7 Å². The topological polar surface area (TPSA) is 39.4 Å². The number of ether oxygens (including phenoxy) is 1. The molecule has 0 aliphatic heterocycles. The zero-order valence-electron chi connectivity index (χ0n) is 14.2. The normalized spacial score (nSPS) is 20.8. The molecule has 3 nitrogen and oxygen atoms in total. The van der Waals surface area contributed by atoms with Gasteiger partial charge in [-0.1, -0.05) is 44.2 Å². The highest BCUT2D eigenvalue weighted by molar-refractivity contribution is 5.78. The van der Waals surface area contributed by atoms with Crippen molar-refractivity contribution in [3.05, 3.63) is 71.7 Å². The molecule has 0 saturated heterocycles. The molecule has 5 heteroatoms. The van der Waals surface area contributed by atoms with E-state index in [0.717, 1.165) is 23.0 Å². The first-order valence-electron chi connectivity index (χ1n) is 8.17. The van der Waals surface area contributed by atoms with Gasteiger partial charge in [-0.05, 0) is 23.1 Å². The molecule has 0 spiro atoms. The maximum Gasteiger partial charge on any atom is 0.310 e. The van der Waals surface area contributed by atoms with Gasteiger partial charge in [-0.3, -0.25) is 4.79 Å². The van der Waals surface area contributed by atoms with E-state index >= 15 is 0 Å². The molecule has 1 aromatic heterocycles. The van der Waals surface area contributed by atoms with Gasteiger partial charge in [0.25, 0.3) is 6.08 Å². The molecule has 1 aliphatic rings. The zero-order chi connectivity index (χ0) is 18.0. The third-order valence-corrected chi connectivity index (χ3v) is 4.78. The fraction of sp³-hybridized carbons (Fsp3) is 0.350. The van der Waals surface area contributed by atoms with E-state index in [4.69, 9.17) is 9.15 Å². The Hall–Kier alpha value is -2.43. The van der Waals surface area contributed by atoms with Gasteiger partial charge in [0.1, 0.15) is 12.4 Å². The number of rotatable bonds is 6. The maximum absolute atomic E-state index is 12.4. The molecule has 0 unspecified atom stereocenters. The number of hydrogen-bond acceptors (Lipinski definition) is 3. The van der Waals surface area contributed by atoms with E-state index in [-0.39, 0.29) is 6.61 Å². The van der Waals surface area contributed by atoms with Crippen LogP contribution in [0.4, 0.5) is 8.78 Å². The van der Waals surface area contributed by atoms with E-state index in [0.29, 0.717) is 6.42 Å². The number of allylic oxidation sites excluding steroid dienone is 1. The van der Waals surface area contributed by atoms with Gasteiger partial charge in [0.15, 0.2) is 0 Å². The van der Waals surface area contributed by atoms with Crippen molar-refractivity contribution >= 4 is 5.97 Å². The van der Waals surface area contributed by atoms with Crippen LogP contribution in [0.25, 0.3) is 0 Å². The van der Waals surface area contributed by atoms with Gasteiger partial charge in [-0.2, -0.15) is 8.78 Å². The molecule has 0 bridgehead atoms. The Morgan fingerprint density at radius 2 is 1.96 bits per heavy atom. The minimum absolute atomic E-state index is 0.0816. The second-order valence-corrected chi connectivity index (χ2v) is 6.97. The lowest BCUT2D eigenvalue weighted by molar-refractivity contribution is -0.147. The van der Waals surface area contributed by atoms with Gasteiger partial charge in [0.05, 0.1) is 12.2 Å². The summed E-state index contributed by atoms with van der Waals surface area (Å²) in [4.78, 5) is 12.2. The second kappa shape index (κ2) is 6.82. The van der Waals surface area contributed by atoms with Gasteiger partial charge in [-0.25, -0.2) is 0 Å². The van der Waals surface area contributed by atoms with Crippen molar-refractivity contribution < 1.29 is 22.7 Å². The molecule has 0 amide bonds. The van der Waals surface area contributed by atoms with Crippen LogP contribution in [-0.4, -0.2) is 5.97 Å². The Morgan fingerprint density at radius 1 is 1.24 bits per heavy atom. The lowest BCUT2D eigenvalue weighted by Crippen LogP contribution is -2.10. The predicted octanol–water partition coefficient (Wildman–Crippen LogP) is 4.97. The van der Waals surface area contributed by atoms with Gasteiger partial charge >= 0.3 is 5.97 Å². The molecule has 1 heterocycles. The lowest BCUT2D eigenvalue weighted by Gasteiger charge is -2.03. The first-order chi connectivity index (χ1) is 11.9. The first-order valence-corrected chi connectivity index (χ1v) is 8.17. The molecule has 2 atom stereocenters. The van der Waals surface area contributed by atoms with Crippen LogP contribution in [0.5, 0.6) is 0 Å². The van der Waals surface area contributed by atoms with E-state index < -0.39 is 29.3 Å². The summed E-state index contributed by atoms with van der Waals surface area (Å²) >= 11 is 0. The summed E-state index contributed by atoms with van der Waals surface area (Å²) in [7, 11) is 0. The number of furan rings is 1. The summed E-state index contributed by atoms with van der Waals surface area (Å²) in [5.41, 5.74) is 1.39. The molecular weight excluding hydrogens is 326 g/mol. The van der Waals surface area contributed by atoms with Crippen LogP contribution in [-0.2, 0) is 22.6 Å². The van der Waals surface area contributed by atoms with E-state index in [1.807, 2.05) is 36.4 Å². The van der Waals surface area contributed by atoms with Crippen LogP contribution in [0.2, 0.25) is 0 Å². The van der Waals surface area contributed by atoms with Crippen molar-refractivity contribution in [1.29, 1.82) is 0 Å². The summed E-state index contributed by atoms with van der Waals surface area (Å²) < 4.78 is 35.7. The fourth-order valence-corrected chi connectivity index (χ4v) is 3.21. The first kappa shape index (κ1) is 17.4. The monoisotopic (exact) mass is 346 g/mol. The van der Waals surface area contributed by atoms with Crippen molar-refractivity contribution in [2.75, 3.05) is 0 Å². The Kier molecular flexibility index (Phi) is 4.75. The Balaban J connectivity index is 1.54. The molecule has 0 radical (unpaired) electrons. The van der Waals surface area contributed by atoms with Gasteiger partial charge in [-0.15, -0.1) is 0 Å². The lowest BCUT2D eigenvalue weighted by atomic mass is 10.1. The smallest absolute Gasteiger partial charge is 0.310 e. The number of esters is 1. The molecule has 132 valence electrons. The largest absolute Gasteiger partial charge is 0.469 e. The predicted molar refractivity (Wildman–Crippen MR) is 88.8 cm³/mol. The molecule has 0 N–H and O–H groups in total. The van der Waals surface area contributed by atoms with Crippen molar-refractivity contribution in [3.8, 4) is 0 Å². The Morgan fingerprint density at radius 3 is 2.64 bits per heavy atom. The van der Waals surface area contributed by atoms with E-state index in [1.54, 1.807) is 20.1 Å². The summed E-state index contributed by atoms with van der Waals surface area (Å²) in [6.45, 7) is 3.66. The van der Waals surface area contributed by atoms with Crippen LogP contribution in [0.3, 0.4) is 0 Å². The van der Waals surface area contributed by atoms with Crippen LogP contribution < -0.4 is 0 Å². The summed E-state index contributed by atoms with van der Waals surface area (Å²) in [5.74, 6) is -0.657. The summed E-state index contributed by atoms with van der Waals surface area (Å²) in [5, 5.41) is 0. The standard InChI is InChI=1S/C20H20F2O3/c1-20(2)16(10-17(21)22)18(20)19(23)25-12-14-9-15(24-11-14)8-13-6-4-3-5-7-13/h3-7,9-11,16,18H,8,12H2,1-2H3/t16-,18-/m0/s1. The molecule has 1 aromatic carbocycles. The van der Waals surface area contributed by atoms with Crippen molar-refractivity contribution in [1.82, 2.24) is 0 Å². The number of carbonyl (C=O) groups excluding carboxylic acids is 1. The molecule has 3 rings (SSSR count). The SMILES string of the molecule is CC1(C)[C@H](C(=O)OCc2coc(Cc3ccccc3)c2)[C@@H]1C=C(F)F. The van der Waals surface area contributed by atoms with Gasteiger partial charge in [0, 0.05) is 17.9 Å². The molecule has 1 aliphatic carbocycles. The number of benzene rings is 1. The van der Waals surface area contributed by atoms with Crippen molar-refractivity contribution in [2.24, 2.45) is 17.3 Å². The maximum atomic E-state index is 12.4. The highest BCUT2D eigenvalue weighted by atomic mass is 19.3. The van der Waals surface area contributed by atoms with Crippen LogP contribution in [0.15, 0.2) is 59.2 Å². The van der Waals surface area contributed by atoms with E-state index in [1.165, 1.54) is 0 Å². The summed E-state index contributed by atoms with van der Waals surface area (Å²) in [6, 6.07) is 11.7. The van der Waals surface area contributed by atoms with Gasteiger partial charge in [0.2, 0.25) is 0 Å². The molecule has 25 heavy (non-hydrogen) atoms. The molecule has 2 aromatic rings. The second-order valence-electron chi connectivity index (χ2n) is 6.97. The average Bonchev–Trinajstić information content (AvgIpc) is 2.90. The quantitative estimate of drug-likeness (QED) is 0.694. The summed E-state index contributed by atoms with van der Waals surface area (Å²) in [6.07, 6.45) is 1.31. The van der Waals surface area contributed by atoms with Crippen LogP contribution in [0, 0.1) is 17.3 Å². The van der Waals surface area contributed by atoms with Crippen molar-refractivity contribution in [2.45, 2.75) is 26.9 Å². The number of carbonyl (C=O) groups is 1. The number of hydrogen-bond donors (Lipinski definition) is 0. The molecular formula is C20H20F2O3. The highest BCUT2D eigenvalue weighted by Crippen LogP contribution is 2.60. The third-order valence-electron chi connectivity index (χ3n) is 4.78. The zero-order valence-corrected chi connectivity index (χ0v) is 14.2. The van der Waals surface area contributed by atoms with Crippen molar-refractivity contribution in [3.63, 3.8) is 0 Å². The molecule has 1 saturated carbocycles. The minimum Gasteiger partial charge on any atom is -0.469 e. The van der Waals surface area contributed by atoms with Gasteiger partial charge < -0.3 is 9.15 Å². The van der Waals surface area contributed by atoms with E-state index in [9.17, 15) is 13.6 Å². The Labute approximate surface area is 145 Å². The molecule has 1 fully saturated rings. The number of halogens is 2. The third kappa shape index (κ3) is 3.98. The highest BCUT2D eigenvalue weighted by Gasteiger charge is 2.61.